The predicted molar refractivity (Wildman–Crippen MR) is 144 cm³/mol. The van der Waals surface area contributed by atoms with E-state index in [4.69, 9.17) is 25.8 Å². The number of benzene rings is 3. The number of carbonyl (C=O) groups excluding carboxylic acids is 1. The molecule has 5 rings (SSSR count). The van der Waals surface area contributed by atoms with Crippen molar-refractivity contribution in [1.29, 1.82) is 0 Å². The van der Waals surface area contributed by atoms with Crippen LogP contribution < -0.4 is 19.3 Å². The molecule has 1 fully saturated rings. The summed E-state index contributed by atoms with van der Waals surface area (Å²) in [6.45, 7) is 3.16. The lowest BCUT2D eigenvalue weighted by molar-refractivity contribution is -0.113. The molecule has 0 aliphatic carbocycles. The van der Waals surface area contributed by atoms with Crippen molar-refractivity contribution in [2.24, 2.45) is 0 Å². The quantitative estimate of drug-likeness (QED) is 0.407. The maximum atomic E-state index is 13.7. The van der Waals surface area contributed by atoms with Crippen molar-refractivity contribution >= 4 is 40.7 Å². The van der Waals surface area contributed by atoms with E-state index in [0.29, 0.717) is 22.1 Å². The molecular formula is C29H27ClN2O4. The highest BCUT2D eigenvalue weighted by molar-refractivity contribution is 6.30. The highest BCUT2D eigenvalue weighted by atomic mass is 35.5. The van der Waals surface area contributed by atoms with Crippen LogP contribution in [0, 0.1) is 0 Å². The topological polar surface area (TPSA) is 51.2 Å². The van der Waals surface area contributed by atoms with E-state index in [1.807, 2.05) is 66.7 Å². The van der Waals surface area contributed by atoms with Gasteiger partial charge in [-0.15, -0.1) is 0 Å². The molecule has 3 aromatic rings. The van der Waals surface area contributed by atoms with Gasteiger partial charge < -0.3 is 19.1 Å². The molecule has 0 radical (unpaired) electrons. The van der Waals surface area contributed by atoms with Gasteiger partial charge in [0.25, 0.3) is 5.91 Å². The van der Waals surface area contributed by atoms with Gasteiger partial charge >= 0.3 is 0 Å². The number of rotatable bonds is 6. The fourth-order valence-electron chi connectivity index (χ4n) is 4.46. The maximum Gasteiger partial charge on any atom is 0.262 e. The van der Waals surface area contributed by atoms with Gasteiger partial charge in [0, 0.05) is 35.1 Å². The second kappa shape index (κ2) is 10.5. The molecule has 0 saturated carbocycles. The Morgan fingerprint density at radius 1 is 0.861 bits per heavy atom. The smallest absolute Gasteiger partial charge is 0.262 e. The van der Waals surface area contributed by atoms with E-state index in [2.05, 4.69) is 17.0 Å². The van der Waals surface area contributed by atoms with Crippen LogP contribution in [0.1, 0.15) is 11.1 Å². The van der Waals surface area contributed by atoms with Crippen LogP contribution in [-0.4, -0.2) is 46.4 Å². The first-order valence-corrected chi connectivity index (χ1v) is 12.1. The number of anilines is 2. The van der Waals surface area contributed by atoms with Crippen molar-refractivity contribution in [3.8, 4) is 11.5 Å². The van der Waals surface area contributed by atoms with Gasteiger partial charge in [-0.3, -0.25) is 9.69 Å². The molecule has 6 nitrogen and oxygen atoms in total. The molecule has 1 amide bonds. The van der Waals surface area contributed by atoms with Crippen LogP contribution in [0.15, 0.2) is 78.4 Å². The third-order valence-electron chi connectivity index (χ3n) is 6.34. The SMILES string of the molecule is COc1ccc(/C=C2\C=C(c3ccc(Cl)cc3)N(c3ccc(N4CCOCC4)cc3)C2=O)cc1OC. The van der Waals surface area contributed by atoms with E-state index in [1.54, 1.807) is 19.1 Å². The van der Waals surface area contributed by atoms with E-state index in [9.17, 15) is 4.79 Å². The first kappa shape index (κ1) is 24.0. The molecule has 0 atom stereocenters. The highest BCUT2D eigenvalue weighted by Gasteiger charge is 2.30. The van der Waals surface area contributed by atoms with E-state index in [1.165, 1.54) is 0 Å². The van der Waals surface area contributed by atoms with Crippen molar-refractivity contribution < 1.29 is 19.0 Å². The van der Waals surface area contributed by atoms with Crippen molar-refractivity contribution in [3.05, 3.63) is 94.5 Å². The first-order valence-electron chi connectivity index (χ1n) is 11.8. The number of hydrogen-bond donors (Lipinski definition) is 0. The van der Waals surface area contributed by atoms with Gasteiger partial charge in [0.1, 0.15) is 0 Å². The molecule has 36 heavy (non-hydrogen) atoms. The summed E-state index contributed by atoms with van der Waals surface area (Å²) in [5.41, 5.74) is 5.03. The number of carbonyl (C=O) groups is 1. The molecule has 0 N–H and O–H groups in total. The Morgan fingerprint density at radius 3 is 2.19 bits per heavy atom. The highest BCUT2D eigenvalue weighted by Crippen LogP contribution is 2.37. The molecular weight excluding hydrogens is 476 g/mol. The molecule has 2 aliphatic heterocycles. The van der Waals surface area contributed by atoms with Crippen LogP contribution in [0.3, 0.4) is 0 Å². The minimum atomic E-state index is -0.103. The van der Waals surface area contributed by atoms with Crippen LogP contribution >= 0.6 is 11.6 Å². The Labute approximate surface area is 215 Å². The van der Waals surface area contributed by atoms with E-state index in [0.717, 1.165) is 54.5 Å². The number of morpholine rings is 1. The zero-order valence-corrected chi connectivity index (χ0v) is 21.0. The second-order valence-electron chi connectivity index (χ2n) is 8.51. The molecule has 3 aromatic carbocycles. The molecule has 0 spiro atoms. The van der Waals surface area contributed by atoms with Crippen LogP contribution in [-0.2, 0) is 9.53 Å². The summed E-state index contributed by atoms with van der Waals surface area (Å²) in [5, 5.41) is 0.645. The van der Waals surface area contributed by atoms with Gasteiger partial charge in [0.15, 0.2) is 11.5 Å². The third kappa shape index (κ3) is 4.83. The zero-order valence-electron chi connectivity index (χ0n) is 20.2. The predicted octanol–water partition coefficient (Wildman–Crippen LogP) is 5.67. The third-order valence-corrected chi connectivity index (χ3v) is 6.59. The van der Waals surface area contributed by atoms with Crippen molar-refractivity contribution in [1.82, 2.24) is 0 Å². The summed E-state index contributed by atoms with van der Waals surface area (Å²) in [4.78, 5) is 17.8. The molecule has 2 aliphatic rings. The Kier molecular flexibility index (Phi) is 6.98. The summed E-state index contributed by atoms with van der Waals surface area (Å²) >= 11 is 6.13. The van der Waals surface area contributed by atoms with Gasteiger partial charge in [0.05, 0.1) is 33.1 Å². The monoisotopic (exact) mass is 502 g/mol. The van der Waals surface area contributed by atoms with Gasteiger partial charge in [-0.1, -0.05) is 29.8 Å². The number of nitrogens with zero attached hydrogens (tertiary/aromatic N) is 2. The molecule has 0 bridgehead atoms. The van der Waals surface area contributed by atoms with Gasteiger partial charge in [-0.25, -0.2) is 0 Å². The number of ether oxygens (including phenoxy) is 3. The molecule has 1 saturated heterocycles. The van der Waals surface area contributed by atoms with Crippen LogP contribution in [0.4, 0.5) is 11.4 Å². The summed E-state index contributed by atoms with van der Waals surface area (Å²) < 4.78 is 16.2. The number of hydrogen-bond acceptors (Lipinski definition) is 5. The Balaban J connectivity index is 1.52. The average Bonchev–Trinajstić information content (AvgIpc) is 3.25. The Bertz CT molecular complexity index is 1310. The Hall–Kier alpha value is -3.74. The van der Waals surface area contributed by atoms with Crippen LogP contribution in [0.25, 0.3) is 11.8 Å². The maximum absolute atomic E-state index is 13.7. The van der Waals surface area contributed by atoms with Crippen molar-refractivity contribution in [3.63, 3.8) is 0 Å². The molecule has 0 aromatic heterocycles. The first-order chi connectivity index (χ1) is 17.6. The van der Waals surface area contributed by atoms with Gasteiger partial charge in [0.2, 0.25) is 0 Å². The molecule has 184 valence electrons. The minimum Gasteiger partial charge on any atom is -0.493 e. The summed E-state index contributed by atoms with van der Waals surface area (Å²) in [6, 6.07) is 21.2. The van der Waals surface area contributed by atoms with E-state index in [-0.39, 0.29) is 5.91 Å². The average molecular weight is 503 g/mol. The van der Waals surface area contributed by atoms with Crippen molar-refractivity contribution in [2.45, 2.75) is 0 Å². The minimum absolute atomic E-state index is 0.103. The van der Waals surface area contributed by atoms with Gasteiger partial charge in [-0.2, -0.15) is 0 Å². The lowest BCUT2D eigenvalue weighted by Gasteiger charge is -2.29. The Morgan fingerprint density at radius 2 is 1.53 bits per heavy atom. The molecule has 7 heteroatoms. The lowest BCUT2D eigenvalue weighted by atomic mass is 10.1. The number of amides is 1. The summed E-state index contributed by atoms with van der Waals surface area (Å²) in [6.07, 6.45) is 3.78. The molecule has 2 heterocycles. The second-order valence-corrected chi connectivity index (χ2v) is 8.94. The summed E-state index contributed by atoms with van der Waals surface area (Å²) in [7, 11) is 3.19. The fraction of sp³-hybridized carbons (Fsp3) is 0.207. The number of methoxy groups -OCH3 is 2. The largest absolute Gasteiger partial charge is 0.493 e. The van der Waals surface area contributed by atoms with Crippen molar-refractivity contribution in [2.75, 3.05) is 50.3 Å². The number of halogens is 1. The van der Waals surface area contributed by atoms with Crippen LogP contribution in [0.5, 0.6) is 11.5 Å². The lowest BCUT2D eigenvalue weighted by Crippen LogP contribution is -2.36. The standard InChI is InChI=1S/C29H27ClN2O4/c1-34-27-12-3-20(18-28(27)35-2)17-22-19-26(21-4-6-23(30)7-5-21)32(29(22)33)25-10-8-24(9-11-25)31-13-15-36-16-14-31/h3-12,17-19H,13-16H2,1-2H3/b22-17+. The van der Waals surface area contributed by atoms with Gasteiger partial charge in [-0.05, 0) is 71.8 Å². The van der Waals surface area contributed by atoms with Crippen LogP contribution in [0.2, 0.25) is 5.02 Å². The van der Waals surface area contributed by atoms with E-state index >= 15 is 0 Å². The molecule has 0 unspecified atom stereocenters. The normalized spacial score (nSPS) is 16.9. The zero-order chi connectivity index (χ0) is 25.1. The fourth-order valence-corrected chi connectivity index (χ4v) is 4.59. The summed E-state index contributed by atoms with van der Waals surface area (Å²) in [5.74, 6) is 1.14. The van der Waals surface area contributed by atoms with E-state index < -0.39 is 0 Å².